The van der Waals surface area contributed by atoms with E-state index in [1.165, 1.54) is 18.2 Å². The summed E-state index contributed by atoms with van der Waals surface area (Å²) in [7, 11) is 0. The standard InChI is InChI=1S/C14H16FN5O3/c1-9(8-21)6-16-13-12(15)7-17-14(19-13)18-10-3-2-4-11(5-10)20(22)23/h2-5,7,9,21H,6,8H2,1H3,(H2,16,17,18,19). The molecule has 1 aromatic heterocycles. The first-order chi connectivity index (χ1) is 11.0. The highest BCUT2D eigenvalue weighted by Crippen LogP contribution is 2.21. The lowest BCUT2D eigenvalue weighted by Gasteiger charge is -2.12. The number of halogens is 1. The fourth-order valence-electron chi connectivity index (χ4n) is 1.71. The van der Waals surface area contributed by atoms with Crippen LogP contribution in [0.3, 0.4) is 0 Å². The fraction of sp³-hybridized carbons (Fsp3) is 0.286. The van der Waals surface area contributed by atoms with Gasteiger partial charge in [0.2, 0.25) is 5.95 Å². The topological polar surface area (TPSA) is 113 Å². The number of nitro groups is 1. The lowest BCUT2D eigenvalue weighted by atomic mass is 10.2. The number of aromatic nitrogens is 2. The van der Waals surface area contributed by atoms with Crippen molar-refractivity contribution in [1.82, 2.24) is 9.97 Å². The van der Waals surface area contributed by atoms with Crippen LogP contribution in [0.2, 0.25) is 0 Å². The SMILES string of the molecule is CC(CO)CNc1nc(Nc2cccc([N+](=O)[O-])c2)ncc1F. The Bertz CT molecular complexity index is 698. The van der Waals surface area contributed by atoms with Crippen LogP contribution in [0.5, 0.6) is 0 Å². The molecule has 0 aliphatic heterocycles. The van der Waals surface area contributed by atoms with E-state index < -0.39 is 10.7 Å². The Morgan fingerprint density at radius 3 is 2.96 bits per heavy atom. The quantitative estimate of drug-likeness (QED) is 0.529. The Kier molecular flexibility index (Phi) is 5.36. The third-order valence-electron chi connectivity index (χ3n) is 2.99. The first kappa shape index (κ1) is 16.6. The highest BCUT2D eigenvalue weighted by atomic mass is 19.1. The van der Waals surface area contributed by atoms with Crippen molar-refractivity contribution in [2.24, 2.45) is 5.92 Å². The van der Waals surface area contributed by atoms with Gasteiger partial charge in [-0.3, -0.25) is 10.1 Å². The minimum Gasteiger partial charge on any atom is -0.396 e. The van der Waals surface area contributed by atoms with E-state index in [-0.39, 0.29) is 30.0 Å². The smallest absolute Gasteiger partial charge is 0.271 e. The van der Waals surface area contributed by atoms with E-state index in [2.05, 4.69) is 20.6 Å². The van der Waals surface area contributed by atoms with Gasteiger partial charge in [0.1, 0.15) is 0 Å². The summed E-state index contributed by atoms with van der Waals surface area (Å²) in [6.07, 6.45) is 0.999. The molecule has 1 atom stereocenters. The number of nitrogens with zero attached hydrogens (tertiary/aromatic N) is 3. The molecular formula is C14H16FN5O3. The van der Waals surface area contributed by atoms with Crippen molar-refractivity contribution < 1.29 is 14.4 Å². The molecule has 0 saturated heterocycles. The molecule has 0 aliphatic rings. The van der Waals surface area contributed by atoms with Crippen LogP contribution < -0.4 is 10.6 Å². The number of benzene rings is 1. The summed E-state index contributed by atoms with van der Waals surface area (Å²) in [5.74, 6) is -0.587. The summed E-state index contributed by atoms with van der Waals surface area (Å²) in [6.45, 7) is 2.12. The molecule has 3 N–H and O–H groups in total. The van der Waals surface area contributed by atoms with E-state index in [0.29, 0.717) is 12.2 Å². The second-order valence-electron chi connectivity index (χ2n) is 4.99. The van der Waals surface area contributed by atoms with Gasteiger partial charge in [0.05, 0.1) is 11.1 Å². The zero-order chi connectivity index (χ0) is 16.8. The van der Waals surface area contributed by atoms with Crippen LogP contribution in [0, 0.1) is 21.8 Å². The lowest BCUT2D eigenvalue weighted by molar-refractivity contribution is -0.384. The first-order valence-electron chi connectivity index (χ1n) is 6.88. The molecule has 1 unspecified atom stereocenters. The van der Waals surface area contributed by atoms with Gasteiger partial charge in [-0.1, -0.05) is 13.0 Å². The monoisotopic (exact) mass is 321 g/mol. The van der Waals surface area contributed by atoms with Crippen molar-refractivity contribution >= 4 is 23.1 Å². The van der Waals surface area contributed by atoms with Gasteiger partial charge in [0.25, 0.3) is 5.69 Å². The molecule has 0 amide bonds. The van der Waals surface area contributed by atoms with Crippen LogP contribution in [0.25, 0.3) is 0 Å². The van der Waals surface area contributed by atoms with Crippen LogP contribution in [0.4, 0.5) is 27.5 Å². The second kappa shape index (κ2) is 7.45. The second-order valence-corrected chi connectivity index (χ2v) is 4.99. The van der Waals surface area contributed by atoms with E-state index >= 15 is 0 Å². The van der Waals surface area contributed by atoms with Gasteiger partial charge in [-0.05, 0) is 12.0 Å². The highest BCUT2D eigenvalue weighted by Gasteiger charge is 2.10. The van der Waals surface area contributed by atoms with Crippen LogP contribution in [0.1, 0.15) is 6.92 Å². The first-order valence-corrected chi connectivity index (χ1v) is 6.88. The predicted molar refractivity (Wildman–Crippen MR) is 83.1 cm³/mol. The van der Waals surface area contributed by atoms with Gasteiger partial charge in [-0.25, -0.2) is 9.37 Å². The Morgan fingerprint density at radius 1 is 1.48 bits per heavy atom. The molecule has 0 spiro atoms. The number of anilines is 3. The maximum absolute atomic E-state index is 13.7. The Morgan fingerprint density at radius 2 is 2.26 bits per heavy atom. The maximum atomic E-state index is 13.7. The molecule has 8 nitrogen and oxygen atoms in total. The zero-order valence-electron chi connectivity index (χ0n) is 12.4. The largest absolute Gasteiger partial charge is 0.396 e. The van der Waals surface area contributed by atoms with E-state index in [1.54, 1.807) is 13.0 Å². The Hall–Kier alpha value is -2.81. The number of nitrogens with one attached hydrogen (secondary N) is 2. The van der Waals surface area contributed by atoms with E-state index in [0.717, 1.165) is 6.20 Å². The zero-order valence-corrected chi connectivity index (χ0v) is 12.4. The van der Waals surface area contributed by atoms with Gasteiger partial charge < -0.3 is 15.7 Å². The van der Waals surface area contributed by atoms with Gasteiger partial charge in [0.15, 0.2) is 11.6 Å². The molecule has 0 aliphatic carbocycles. The minimum absolute atomic E-state index is 0.00627. The van der Waals surface area contributed by atoms with Crippen molar-refractivity contribution in [3.63, 3.8) is 0 Å². The van der Waals surface area contributed by atoms with Crippen LogP contribution in [-0.4, -0.2) is 33.1 Å². The average molecular weight is 321 g/mol. The molecule has 2 rings (SSSR count). The van der Waals surface area contributed by atoms with Crippen LogP contribution >= 0.6 is 0 Å². The summed E-state index contributed by atoms with van der Waals surface area (Å²) in [6, 6.07) is 5.82. The van der Waals surface area contributed by atoms with E-state index in [1.807, 2.05) is 0 Å². The molecule has 23 heavy (non-hydrogen) atoms. The molecule has 1 aromatic carbocycles. The third kappa shape index (κ3) is 4.58. The summed E-state index contributed by atoms with van der Waals surface area (Å²) >= 11 is 0. The summed E-state index contributed by atoms with van der Waals surface area (Å²) < 4.78 is 13.7. The number of aliphatic hydroxyl groups excluding tert-OH is 1. The van der Waals surface area contributed by atoms with Gasteiger partial charge in [0, 0.05) is 31.0 Å². The summed E-state index contributed by atoms with van der Waals surface area (Å²) in [4.78, 5) is 18.0. The lowest BCUT2D eigenvalue weighted by Crippen LogP contribution is -2.16. The molecule has 0 bridgehead atoms. The summed E-state index contributed by atoms with van der Waals surface area (Å²) in [5.41, 5.74) is 0.340. The van der Waals surface area contributed by atoms with Crippen LogP contribution in [0.15, 0.2) is 30.5 Å². The highest BCUT2D eigenvalue weighted by molar-refractivity contribution is 5.58. The van der Waals surface area contributed by atoms with Crippen molar-refractivity contribution in [1.29, 1.82) is 0 Å². The molecule has 9 heteroatoms. The number of hydrogen-bond acceptors (Lipinski definition) is 7. The molecule has 0 saturated carbocycles. The number of rotatable bonds is 7. The minimum atomic E-state index is -0.625. The number of aliphatic hydroxyl groups is 1. The molecular weight excluding hydrogens is 305 g/mol. The molecule has 0 fully saturated rings. The molecule has 1 heterocycles. The predicted octanol–water partition coefficient (Wildman–Crippen LogP) is 2.31. The number of hydrogen-bond donors (Lipinski definition) is 3. The van der Waals surface area contributed by atoms with E-state index in [4.69, 9.17) is 5.11 Å². The average Bonchev–Trinajstić information content (AvgIpc) is 2.55. The summed E-state index contributed by atoms with van der Waals surface area (Å²) in [5, 5.41) is 25.3. The van der Waals surface area contributed by atoms with Gasteiger partial charge in [-0.15, -0.1) is 0 Å². The molecule has 0 radical (unpaired) electrons. The van der Waals surface area contributed by atoms with Crippen molar-refractivity contribution in [3.8, 4) is 0 Å². The van der Waals surface area contributed by atoms with E-state index in [9.17, 15) is 14.5 Å². The number of nitro benzene ring substituents is 1. The van der Waals surface area contributed by atoms with Gasteiger partial charge >= 0.3 is 0 Å². The Labute approximate surface area is 131 Å². The van der Waals surface area contributed by atoms with Crippen molar-refractivity contribution in [2.75, 3.05) is 23.8 Å². The normalized spacial score (nSPS) is 11.8. The van der Waals surface area contributed by atoms with Crippen molar-refractivity contribution in [2.45, 2.75) is 6.92 Å². The maximum Gasteiger partial charge on any atom is 0.271 e. The molecule has 122 valence electrons. The van der Waals surface area contributed by atoms with Crippen LogP contribution in [-0.2, 0) is 0 Å². The number of non-ortho nitro benzene ring substituents is 1. The fourth-order valence-corrected chi connectivity index (χ4v) is 1.71. The van der Waals surface area contributed by atoms with Gasteiger partial charge in [-0.2, -0.15) is 4.98 Å². The molecule has 2 aromatic rings. The Balaban J connectivity index is 2.14. The van der Waals surface area contributed by atoms with Crippen molar-refractivity contribution in [3.05, 3.63) is 46.4 Å². The third-order valence-corrected chi connectivity index (χ3v) is 2.99.